The van der Waals surface area contributed by atoms with Crippen molar-refractivity contribution >= 4 is 0 Å². The number of hydrogen-bond acceptors (Lipinski definition) is 4. The summed E-state index contributed by atoms with van der Waals surface area (Å²) in [6.07, 6.45) is 2.32. The molecule has 2 unspecified atom stereocenters. The third kappa shape index (κ3) is 4.47. The van der Waals surface area contributed by atoms with E-state index in [1.807, 2.05) is 6.92 Å². The van der Waals surface area contributed by atoms with E-state index in [1.165, 1.54) is 0 Å². The molecule has 0 saturated carbocycles. The van der Waals surface area contributed by atoms with Crippen molar-refractivity contribution in [1.82, 2.24) is 4.90 Å². The maximum Gasteiger partial charge on any atom is 0.0709 e. The Bertz CT molecular complexity index is 167. The molecular formula is C11H24N2O2. The fourth-order valence-electron chi connectivity index (χ4n) is 2.10. The van der Waals surface area contributed by atoms with E-state index in [9.17, 15) is 0 Å². The van der Waals surface area contributed by atoms with E-state index in [-0.39, 0.29) is 6.10 Å². The van der Waals surface area contributed by atoms with Gasteiger partial charge >= 0.3 is 0 Å². The molecule has 1 aliphatic rings. The second kappa shape index (κ2) is 7.17. The summed E-state index contributed by atoms with van der Waals surface area (Å²) >= 11 is 0. The SMILES string of the molecule is CCOC(CN)CCN1CCC(CO)C1. The number of rotatable bonds is 7. The fourth-order valence-corrected chi connectivity index (χ4v) is 2.10. The Morgan fingerprint density at radius 3 is 2.93 bits per heavy atom. The van der Waals surface area contributed by atoms with E-state index in [1.54, 1.807) is 0 Å². The number of aliphatic hydroxyl groups excluding tert-OH is 1. The molecule has 1 rings (SSSR count). The topological polar surface area (TPSA) is 58.7 Å². The number of likely N-dealkylation sites (tertiary alicyclic amines) is 1. The number of nitrogens with zero attached hydrogens (tertiary/aromatic N) is 1. The van der Waals surface area contributed by atoms with Crippen molar-refractivity contribution in [2.24, 2.45) is 11.7 Å². The summed E-state index contributed by atoms with van der Waals surface area (Å²) in [4.78, 5) is 2.39. The molecule has 0 bridgehead atoms. The second-order valence-corrected chi connectivity index (χ2v) is 4.24. The van der Waals surface area contributed by atoms with Crippen molar-refractivity contribution in [2.75, 3.05) is 39.4 Å². The molecule has 15 heavy (non-hydrogen) atoms. The van der Waals surface area contributed by atoms with Gasteiger partial charge in [-0.3, -0.25) is 0 Å². The van der Waals surface area contributed by atoms with Crippen molar-refractivity contribution in [2.45, 2.75) is 25.9 Å². The largest absolute Gasteiger partial charge is 0.396 e. The van der Waals surface area contributed by atoms with E-state index in [0.717, 1.165) is 39.1 Å². The van der Waals surface area contributed by atoms with Crippen LogP contribution in [0.25, 0.3) is 0 Å². The van der Waals surface area contributed by atoms with E-state index in [0.29, 0.717) is 19.1 Å². The molecule has 0 aromatic carbocycles. The lowest BCUT2D eigenvalue weighted by atomic mass is 10.1. The second-order valence-electron chi connectivity index (χ2n) is 4.24. The van der Waals surface area contributed by atoms with Gasteiger partial charge in [-0.2, -0.15) is 0 Å². The Hall–Kier alpha value is -0.160. The van der Waals surface area contributed by atoms with E-state index >= 15 is 0 Å². The predicted octanol–water partition coefficient (Wildman–Crippen LogP) is 0.0545. The normalized spacial score (nSPS) is 24.6. The highest BCUT2D eigenvalue weighted by atomic mass is 16.5. The average Bonchev–Trinajstić information content (AvgIpc) is 2.72. The molecule has 1 saturated heterocycles. The van der Waals surface area contributed by atoms with Gasteiger partial charge in [-0.05, 0) is 32.2 Å². The minimum Gasteiger partial charge on any atom is -0.396 e. The number of aliphatic hydroxyl groups is 1. The molecule has 0 amide bonds. The molecule has 1 heterocycles. The molecule has 0 spiro atoms. The molecular weight excluding hydrogens is 192 g/mol. The summed E-state index contributed by atoms with van der Waals surface area (Å²) in [5.41, 5.74) is 5.61. The first-order chi connectivity index (χ1) is 7.30. The third-order valence-corrected chi connectivity index (χ3v) is 3.06. The van der Waals surface area contributed by atoms with Crippen LogP contribution < -0.4 is 5.73 Å². The van der Waals surface area contributed by atoms with Crippen LogP contribution in [0.1, 0.15) is 19.8 Å². The van der Waals surface area contributed by atoms with Gasteiger partial charge in [0, 0.05) is 32.8 Å². The lowest BCUT2D eigenvalue weighted by molar-refractivity contribution is 0.0557. The van der Waals surface area contributed by atoms with Gasteiger partial charge < -0.3 is 20.5 Å². The van der Waals surface area contributed by atoms with Gasteiger partial charge in [-0.25, -0.2) is 0 Å². The first kappa shape index (κ1) is 12.9. The molecule has 0 aromatic rings. The highest BCUT2D eigenvalue weighted by Gasteiger charge is 2.21. The van der Waals surface area contributed by atoms with Crippen LogP contribution in [0.4, 0.5) is 0 Å². The minimum absolute atomic E-state index is 0.197. The van der Waals surface area contributed by atoms with Gasteiger partial charge in [-0.1, -0.05) is 0 Å². The van der Waals surface area contributed by atoms with Gasteiger partial charge in [0.05, 0.1) is 6.10 Å². The number of nitrogens with two attached hydrogens (primary N) is 1. The van der Waals surface area contributed by atoms with Crippen molar-refractivity contribution in [1.29, 1.82) is 0 Å². The Balaban J connectivity index is 2.13. The third-order valence-electron chi connectivity index (χ3n) is 3.06. The zero-order chi connectivity index (χ0) is 11.1. The molecule has 1 fully saturated rings. The zero-order valence-electron chi connectivity index (χ0n) is 9.69. The highest BCUT2D eigenvalue weighted by Crippen LogP contribution is 2.15. The van der Waals surface area contributed by atoms with Crippen molar-refractivity contribution in [3.63, 3.8) is 0 Å². The van der Waals surface area contributed by atoms with Gasteiger partial charge in [0.2, 0.25) is 0 Å². The van der Waals surface area contributed by atoms with E-state index < -0.39 is 0 Å². The maximum atomic E-state index is 9.02. The summed E-state index contributed by atoms with van der Waals surface area (Å²) in [6.45, 7) is 6.84. The Morgan fingerprint density at radius 2 is 2.40 bits per heavy atom. The van der Waals surface area contributed by atoms with Crippen LogP contribution in [0.5, 0.6) is 0 Å². The van der Waals surface area contributed by atoms with Crippen LogP contribution in [0, 0.1) is 5.92 Å². The van der Waals surface area contributed by atoms with Crippen LogP contribution in [0.15, 0.2) is 0 Å². The predicted molar refractivity (Wildman–Crippen MR) is 60.7 cm³/mol. The van der Waals surface area contributed by atoms with Gasteiger partial charge in [0.1, 0.15) is 0 Å². The first-order valence-electron chi connectivity index (χ1n) is 5.95. The lowest BCUT2D eigenvalue weighted by Crippen LogP contribution is -2.30. The summed E-state index contributed by atoms with van der Waals surface area (Å²) in [5.74, 6) is 0.480. The van der Waals surface area contributed by atoms with Crippen molar-refractivity contribution < 1.29 is 9.84 Å². The van der Waals surface area contributed by atoms with Gasteiger partial charge in [-0.15, -0.1) is 0 Å². The van der Waals surface area contributed by atoms with Crippen LogP contribution >= 0.6 is 0 Å². The molecule has 4 nitrogen and oxygen atoms in total. The lowest BCUT2D eigenvalue weighted by Gasteiger charge is -2.20. The summed E-state index contributed by atoms with van der Waals surface area (Å²) in [6, 6.07) is 0. The Labute approximate surface area is 92.4 Å². The van der Waals surface area contributed by atoms with Crippen LogP contribution in [-0.2, 0) is 4.74 Å². The molecule has 90 valence electrons. The van der Waals surface area contributed by atoms with E-state index in [2.05, 4.69) is 4.90 Å². The first-order valence-corrected chi connectivity index (χ1v) is 5.95. The summed E-state index contributed by atoms with van der Waals surface area (Å²) in [7, 11) is 0. The summed E-state index contributed by atoms with van der Waals surface area (Å²) in [5, 5.41) is 9.02. The van der Waals surface area contributed by atoms with Crippen LogP contribution in [0.3, 0.4) is 0 Å². The number of hydrogen-bond donors (Lipinski definition) is 2. The highest BCUT2D eigenvalue weighted by molar-refractivity contribution is 4.75. The van der Waals surface area contributed by atoms with Crippen LogP contribution in [0.2, 0.25) is 0 Å². The average molecular weight is 216 g/mol. The minimum atomic E-state index is 0.197. The monoisotopic (exact) mass is 216 g/mol. The number of ether oxygens (including phenoxy) is 1. The molecule has 3 N–H and O–H groups in total. The fraction of sp³-hybridized carbons (Fsp3) is 1.00. The maximum absolute atomic E-state index is 9.02. The zero-order valence-corrected chi connectivity index (χ0v) is 9.69. The molecule has 2 atom stereocenters. The molecule has 4 heteroatoms. The quantitative estimate of drug-likeness (QED) is 0.631. The molecule has 0 radical (unpaired) electrons. The molecule has 1 aliphatic heterocycles. The standard InChI is InChI=1S/C11H24N2O2/c1-2-15-11(7-12)4-6-13-5-3-10(8-13)9-14/h10-11,14H,2-9,12H2,1H3. The molecule has 0 aliphatic carbocycles. The Kier molecular flexibility index (Phi) is 6.17. The molecule has 0 aromatic heterocycles. The van der Waals surface area contributed by atoms with Gasteiger partial charge in [0.15, 0.2) is 0 Å². The van der Waals surface area contributed by atoms with E-state index in [4.69, 9.17) is 15.6 Å². The smallest absolute Gasteiger partial charge is 0.0709 e. The summed E-state index contributed by atoms with van der Waals surface area (Å²) < 4.78 is 5.50. The Morgan fingerprint density at radius 1 is 1.60 bits per heavy atom. The van der Waals surface area contributed by atoms with Crippen molar-refractivity contribution in [3.8, 4) is 0 Å². The van der Waals surface area contributed by atoms with Crippen LogP contribution in [-0.4, -0.2) is 55.5 Å². The van der Waals surface area contributed by atoms with Gasteiger partial charge in [0.25, 0.3) is 0 Å². The van der Waals surface area contributed by atoms with Crippen molar-refractivity contribution in [3.05, 3.63) is 0 Å².